The second kappa shape index (κ2) is 16.7. The van der Waals surface area contributed by atoms with E-state index in [1.54, 1.807) is 12.7 Å². The van der Waals surface area contributed by atoms with Gasteiger partial charge in [0, 0.05) is 57.9 Å². The number of benzene rings is 2. The Morgan fingerprint density at radius 1 is 0.565 bits per heavy atom. The average molecular weight is 829 g/mol. The predicted molar refractivity (Wildman–Crippen MR) is 249 cm³/mol. The normalized spacial score (nSPS) is 16.4. The lowest BCUT2D eigenvalue weighted by molar-refractivity contribution is 0.268. The smallest absolute Gasteiger partial charge is 0.158 e. The molecule has 0 fully saturated rings. The third kappa shape index (κ3) is 7.75. The van der Waals surface area contributed by atoms with Gasteiger partial charge in [-0.15, -0.1) is 0 Å². The number of aromatic amines is 2. The van der Waals surface area contributed by atoms with Gasteiger partial charge in [0.15, 0.2) is 11.3 Å². The lowest BCUT2D eigenvalue weighted by atomic mass is 9.85. The van der Waals surface area contributed by atoms with Crippen LogP contribution >= 0.6 is 0 Å². The number of rotatable bonds is 8. The van der Waals surface area contributed by atoms with Crippen LogP contribution in [0.5, 0.6) is 0 Å². The predicted octanol–water partition coefficient (Wildman–Crippen LogP) is 9.27. The number of aryl methyl sites for hydroxylation is 4. The summed E-state index contributed by atoms with van der Waals surface area (Å²) in [6.07, 6.45) is 14.2. The first-order chi connectivity index (χ1) is 29.8. The van der Waals surface area contributed by atoms with Gasteiger partial charge < -0.3 is 9.80 Å². The zero-order valence-electron chi connectivity index (χ0n) is 38.0. The summed E-state index contributed by atoms with van der Waals surface area (Å²) in [6.45, 7) is 13.1. The maximum Gasteiger partial charge on any atom is 0.158 e. The van der Waals surface area contributed by atoms with Crippen molar-refractivity contribution in [2.75, 3.05) is 28.2 Å². The van der Waals surface area contributed by atoms with Crippen molar-refractivity contribution in [1.29, 1.82) is 0 Å². The number of aromatic nitrogens is 10. The van der Waals surface area contributed by atoms with E-state index in [0.717, 1.165) is 82.0 Å². The molecular formula is C50H60N12. The first-order valence-electron chi connectivity index (χ1n) is 22.2. The topological polar surface area (TPSA) is 124 Å². The minimum atomic E-state index is 0.338. The summed E-state index contributed by atoms with van der Waals surface area (Å²) in [5, 5.41) is 24.9. The number of hydrogen-bond acceptors (Lipinski definition) is 8. The van der Waals surface area contributed by atoms with Gasteiger partial charge in [0.1, 0.15) is 12.7 Å². The molecule has 0 saturated heterocycles. The maximum absolute atomic E-state index is 4.79. The van der Waals surface area contributed by atoms with Gasteiger partial charge in [0.25, 0.3) is 0 Å². The molecular weight excluding hydrogens is 769 g/mol. The van der Waals surface area contributed by atoms with E-state index in [1.807, 2.05) is 21.4 Å². The number of pyridine rings is 2. The summed E-state index contributed by atoms with van der Waals surface area (Å²) in [5.74, 6) is 0.675. The molecule has 0 aliphatic heterocycles. The highest BCUT2D eigenvalue weighted by Crippen LogP contribution is 2.39. The summed E-state index contributed by atoms with van der Waals surface area (Å²) >= 11 is 0. The molecule has 0 bridgehead atoms. The summed E-state index contributed by atoms with van der Waals surface area (Å²) < 4.78 is 3.69. The van der Waals surface area contributed by atoms with Gasteiger partial charge >= 0.3 is 0 Å². The van der Waals surface area contributed by atoms with Crippen molar-refractivity contribution in [3.63, 3.8) is 0 Å². The Morgan fingerprint density at radius 2 is 0.984 bits per heavy atom. The Hall–Kier alpha value is -5.98. The lowest BCUT2D eigenvalue weighted by Crippen LogP contribution is -2.33. The van der Waals surface area contributed by atoms with Gasteiger partial charge in [-0.2, -0.15) is 20.4 Å². The number of nitrogens with zero attached hydrogens (tertiary/aromatic N) is 10. The Kier molecular flexibility index (Phi) is 11.2. The molecule has 2 N–H and O–H groups in total. The number of hydrogen-bond donors (Lipinski definition) is 2. The fraction of sp³-hybridized carbons (Fsp3) is 0.400. The van der Waals surface area contributed by atoms with Gasteiger partial charge in [-0.1, -0.05) is 52.0 Å². The molecule has 0 amide bonds. The summed E-state index contributed by atoms with van der Waals surface area (Å²) in [7, 11) is 8.73. The Balaban J connectivity index is 0.000000158. The molecule has 2 aliphatic carbocycles. The molecule has 10 rings (SSSR count). The van der Waals surface area contributed by atoms with E-state index in [-0.39, 0.29) is 0 Å². The largest absolute Gasteiger partial charge is 0.306 e. The molecule has 320 valence electrons. The van der Waals surface area contributed by atoms with E-state index >= 15 is 0 Å². The van der Waals surface area contributed by atoms with E-state index < -0.39 is 0 Å². The SMILES string of the molecule is Cc1cc(-c2[nH]nc(-c3ccc4c(c3)CCC(N(C)C)C4)c2C(C)C)cn2ncnc12.Cc1cc(-c2[nH]nc(-c3ccc4c(c3)CCC(N(C)C)C4)c2C(C)C)cn2ncnc12. The molecule has 6 heterocycles. The minimum absolute atomic E-state index is 0.338. The summed E-state index contributed by atoms with van der Waals surface area (Å²) in [6, 6.07) is 19.4. The van der Waals surface area contributed by atoms with Gasteiger partial charge in [0.05, 0.1) is 22.8 Å². The maximum atomic E-state index is 4.79. The zero-order chi connectivity index (χ0) is 43.4. The van der Waals surface area contributed by atoms with Crippen molar-refractivity contribution in [2.24, 2.45) is 0 Å². The van der Waals surface area contributed by atoms with E-state index in [0.29, 0.717) is 23.9 Å². The van der Waals surface area contributed by atoms with E-state index in [1.165, 1.54) is 57.3 Å². The van der Waals surface area contributed by atoms with Crippen LogP contribution in [0, 0.1) is 13.8 Å². The average Bonchev–Trinajstić information content (AvgIpc) is 4.09. The number of likely N-dealkylation sites (N-methyl/N-ethyl adjacent to an activating group) is 2. The second-order valence-electron chi connectivity index (χ2n) is 18.6. The number of nitrogens with one attached hydrogen (secondary N) is 2. The van der Waals surface area contributed by atoms with E-state index in [4.69, 9.17) is 10.2 Å². The van der Waals surface area contributed by atoms with Crippen LogP contribution in [0.15, 0.2) is 73.6 Å². The van der Waals surface area contributed by atoms with Crippen molar-refractivity contribution in [1.82, 2.24) is 59.4 Å². The molecule has 6 aromatic heterocycles. The molecule has 0 radical (unpaired) electrons. The van der Waals surface area contributed by atoms with Gasteiger partial charge in [-0.25, -0.2) is 19.0 Å². The van der Waals surface area contributed by atoms with Crippen LogP contribution in [-0.2, 0) is 25.7 Å². The second-order valence-corrected chi connectivity index (χ2v) is 18.6. The fourth-order valence-corrected chi connectivity index (χ4v) is 9.81. The third-order valence-electron chi connectivity index (χ3n) is 13.3. The first-order valence-corrected chi connectivity index (χ1v) is 22.2. The van der Waals surface area contributed by atoms with Crippen molar-refractivity contribution >= 4 is 11.3 Å². The standard InChI is InChI=1S/2C25H30N6/c2*1-15(2)22-23(19-7-6-18-12-21(30(4)5)9-8-17(18)11-19)28-29-24(22)20-10-16(3)25-26-14-27-31(25)13-20/h2*6-7,10-11,13-15,21H,8-9,12H2,1-5H3,(H,28,29). The highest BCUT2D eigenvalue weighted by atomic mass is 15.3. The molecule has 2 aliphatic rings. The van der Waals surface area contributed by atoms with Crippen molar-refractivity contribution < 1.29 is 0 Å². The van der Waals surface area contributed by atoms with E-state index in [2.05, 4.69) is 158 Å². The molecule has 2 unspecified atom stereocenters. The minimum Gasteiger partial charge on any atom is -0.306 e. The molecule has 12 nitrogen and oxygen atoms in total. The third-order valence-corrected chi connectivity index (χ3v) is 13.3. The lowest BCUT2D eigenvalue weighted by Gasteiger charge is -2.30. The van der Waals surface area contributed by atoms with Crippen LogP contribution in [0.3, 0.4) is 0 Å². The van der Waals surface area contributed by atoms with Crippen LogP contribution in [0.1, 0.15) is 96.9 Å². The summed E-state index contributed by atoms with van der Waals surface area (Å²) in [5.41, 5.74) is 21.2. The fourth-order valence-electron chi connectivity index (χ4n) is 9.81. The highest BCUT2D eigenvalue weighted by molar-refractivity contribution is 5.78. The molecule has 8 aromatic rings. The summed E-state index contributed by atoms with van der Waals surface area (Å²) in [4.78, 5) is 13.4. The Morgan fingerprint density at radius 3 is 1.37 bits per heavy atom. The van der Waals surface area contributed by atoms with Crippen molar-refractivity contribution in [3.8, 4) is 45.0 Å². The zero-order valence-corrected chi connectivity index (χ0v) is 38.0. The quantitative estimate of drug-likeness (QED) is 0.155. The van der Waals surface area contributed by atoms with Crippen LogP contribution in [0.2, 0.25) is 0 Å². The van der Waals surface area contributed by atoms with Crippen molar-refractivity contribution in [3.05, 3.63) is 118 Å². The van der Waals surface area contributed by atoms with Crippen LogP contribution in [0.4, 0.5) is 0 Å². The Bertz CT molecular complexity index is 2690. The molecule has 62 heavy (non-hydrogen) atoms. The molecule has 2 atom stereocenters. The van der Waals surface area contributed by atoms with Crippen LogP contribution < -0.4 is 0 Å². The van der Waals surface area contributed by atoms with Crippen LogP contribution in [-0.4, -0.2) is 99.7 Å². The van der Waals surface area contributed by atoms with Gasteiger partial charge in [-0.3, -0.25) is 10.2 Å². The Labute approximate surface area is 364 Å². The van der Waals surface area contributed by atoms with E-state index in [9.17, 15) is 0 Å². The number of H-pyrrole nitrogens is 2. The molecule has 12 heteroatoms. The van der Waals surface area contributed by atoms with Gasteiger partial charge in [0.2, 0.25) is 0 Å². The van der Waals surface area contributed by atoms with Crippen molar-refractivity contribution in [2.45, 2.75) is 104 Å². The van der Waals surface area contributed by atoms with Crippen LogP contribution in [0.25, 0.3) is 56.3 Å². The molecule has 2 aromatic carbocycles. The highest BCUT2D eigenvalue weighted by Gasteiger charge is 2.26. The molecule has 0 saturated carbocycles. The molecule has 0 spiro atoms. The monoisotopic (exact) mass is 829 g/mol. The van der Waals surface area contributed by atoms with Gasteiger partial charge in [-0.05, 0) is 150 Å². The first kappa shape index (κ1) is 41.4. The number of fused-ring (bicyclic) bond motifs is 4.